The van der Waals surface area contributed by atoms with Crippen molar-refractivity contribution in [2.75, 3.05) is 26.7 Å². The van der Waals surface area contributed by atoms with Crippen LogP contribution in [0.5, 0.6) is 0 Å². The zero-order valence-corrected chi connectivity index (χ0v) is 18.9. The average molecular weight is 429 g/mol. The number of rotatable bonds is 7. The van der Waals surface area contributed by atoms with Gasteiger partial charge in [0, 0.05) is 33.2 Å². The SMILES string of the molecule is CN=C(NCc1ccc(S(=O)(=O)N2CCCC2)cc1)NCC(C)c1cccc(C)c1. The van der Waals surface area contributed by atoms with Gasteiger partial charge in [0.25, 0.3) is 0 Å². The van der Waals surface area contributed by atoms with Gasteiger partial charge in [-0.1, -0.05) is 48.9 Å². The first kappa shape index (κ1) is 22.3. The standard InChI is InChI=1S/C23H32N4O2S/c1-18-7-6-8-21(15-18)19(2)16-25-23(24-3)26-17-20-9-11-22(12-10-20)30(28,29)27-13-4-5-14-27/h6-12,15,19H,4-5,13-14,16-17H2,1-3H3,(H2,24,25,26). The molecule has 0 bridgehead atoms. The van der Waals surface area contributed by atoms with Gasteiger partial charge in [-0.25, -0.2) is 8.42 Å². The average Bonchev–Trinajstić information content (AvgIpc) is 3.30. The highest BCUT2D eigenvalue weighted by molar-refractivity contribution is 7.89. The van der Waals surface area contributed by atoms with Crippen LogP contribution < -0.4 is 10.6 Å². The van der Waals surface area contributed by atoms with Gasteiger partial charge in [-0.05, 0) is 48.9 Å². The third-order valence-electron chi connectivity index (χ3n) is 5.50. The summed E-state index contributed by atoms with van der Waals surface area (Å²) in [6.45, 7) is 6.88. The molecule has 0 aliphatic carbocycles. The molecular weight excluding hydrogens is 396 g/mol. The molecule has 1 heterocycles. The van der Waals surface area contributed by atoms with E-state index in [4.69, 9.17) is 0 Å². The van der Waals surface area contributed by atoms with E-state index in [1.807, 2.05) is 12.1 Å². The van der Waals surface area contributed by atoms with Crippen LogP contribution in [0.1, 0.15) is 42.4 Å². The number of aliphatic imine (C=N–C) groups is 1. The molecule has 162 valence electrons. The summed E-state index contributed by atoms with van der Waals surface area (Å²) in [5.74, 6) is 1.08. The lowest BCUT2D eigenvalue weighted by Gasteiger charge is -2.17. The smallest absolute Gasteiger partial charge is 0.243 e. The molecule has 0 amide bonds. The maximum atomic E-state index is 12.6. The summed E-state index contributed by atoms with van der Waals surface area (Å²) in [5, 5.41) is 6.66. The summed E-state index contributed by atoms with van der Waals surface area (Å²) in [6, 6.07) is 15.7. The van der Waals surface area contributed by atoms with E-state index in [-0.39, 0.29) is 0 Å². The highest BCUT2D eigenvalue weighted by Gasteiger charge is 2.26. The Kier molecular flexibility index (Phi) is 7.50. The van der Waals surface area contributed by atoms with E-state index >= 15 is 0 Å². The van der Waals surface area contributed by atoms with Crippen LogP contribution in [0.15, 0.2) is 58.4 Å². The predicted octanol–water partition coefficient (Wildman–Crippen LogP) is 3.25. The Morgan fingerprint density at radius 2 is 1.80 bits per heavy atom. The van der Waals surface area contributed by atoms with Crippen LogP contribution in [0, 0.1) is 6.92 Å². The molecule has 6 nitrogen and oxygen atoms in total. The second-order valence-electron chi connectivity index (χ2n) is 7.88. The number of guanidine groups is 1. The van der Waals surface area contributed by atoms with Gasteiger partial charge in [0.1, 0.15) is 0 Å². The van der Waals surface area contributed by atoms with Gasteiger partial charge in [0.2, 0.25) is 10.0 Å². The molecule has 1 saturated heterocycles. The van der Waals surface area contributed by atoms with Gasteiger partial charge < -0.3 is 10.6 Å². The summed E-state index contributed by atoms with van der Waals surface area (Å²) >= 11 is 0. The van der Waals surface area contributed by atoms with Crippen LogP contribution in [-0.2, 0) is 16.6 Å². The number of aryl methyl sites for hydroxylation is 1. The lowest BCUT2D eigenvalue weighted by atomic mass is 9.99. The molecule has 2 aromatic rings. The van der Waals surface area contributed by atoms with Crippen LogP contribution >= 0.6 is 0 Å². The number of sulfonamides is 1. The van der Waals surface area contributed by atoms with Crippen molar-refractivity contribution in [1.29, 1.82) is 0 Å². The molecule has 2 aromatic carbocycles. The molecule has 7 heteroatoms. The molecule has 0 saturated carbocycles. The van der Waals surface area contributed by atoms with Gasteiger partial charge in [-0.2, -0.15) is 4.31 Å². The molecule has 0 radical (unpaired) electrons. The minimum Gasteiger partial charge on any atom is -0.356 e. The fourth-order valence-corrected chi connectivity index (χ4v) is 5.12. The van der Waals surface area contributed by atoms with E-state index in [1.165, 1.54) is 11.1 Å². The molecule has 1 fully saturated rings. The Hall–Kier alpha value is -2.38. The van der Waals surface area contributed by atoms with E-state index in [2.05, 4.69) is 53.7 Å². The van der Waals surface area contributed by atoms with Crippen molar-refractivity contribution < 1.29 is 8.42 Å². The van der Waals surface area contributed by atoms with Crippen molar-refractivity contribution in [3.8, 4) is 0 Å². The van der Waals surface area contributed by atoms with Gasteiger partial charge in [-0.15, -0.1) is 0 Å². The summed E-state index contributed by atoms with van der Waals surface area (Å²) in [5.41, 5.74) is 3.56. The fourth-order valence-electron chi connectivity index (χ4n) is 3.61. The first-order valence-electron chi connectivity index (χ1n) is 10.5. The number of hydrogen-bond donors (Lipinski definition) is 2. The molecule has 1 unspecified atom stereocenters. The summed E-state index contributed by atoms with van der Waals surface area (Å²) < 4.78 is 26.8. The van der Waals surface area contributed by atoms with Gasteiger partial charge in [-0.3, -0.25) is 4.99 Å². The normalized spacial score (nSPS) is 16.4. The maximum Gasteiger partial charge on any atom is 0.243 e. The van der Waals surface area contributed by atoms with Crippen LogP contribution in [0.3, 0.4) is 0 Å². The second kappa shape index (κ2) is 10.1. The summed E-state index contributed by atoms with van der Waals surface area (Å²) in [6.07, 6.45) is 1.88. The largest absolute Gasteiger partial charge is 0.356 e. The van der Waals surface area contributed by atoms with Crippen molar-refractivity contribution in [2.24, 2.45) is 4.99 Å². The molecule has 2 N–H and O–H groups in total. The zero-order valence-electron chi connectivity index (χ0n) is 18.1. The van der Waals surface area contributed by atoms with Crippen molar-refractivity contribution >= 4 is 16.0 Å². The molecule has 1 aliphatic heterocycles. The van der Waals surface area contributed by atoms with E-state index < -0.39 is 10.0 Å². The highest BCUT2D eigenvalue weighted by Crippen LogP contribution is 2.21. The minimum absolute atomic E-state index is 0.360. The van der Waals surface area contributed by atoms with Crippen LogP contribution in [0.25, 0.3) is 0 Å². The van der Waals surface area contributed by atoms with Crippen LogP contribution in [-0.4, -0.2) is 45.4 Å². The molecule has 1 atom stereocenters. The maximum absolute atomic E-state index is 12.6. The quantitative estimate of drug-likeness (QED) is 0.524. The van der Waals surface area contributed by atoms with Crippen LogP contribution in [0.2, 0.25) is 0 Å². The Bertz CT molecular complexity index is 965. The van der Waals surface area contributed by atoms with Crippen molar-refractivity contribution in [3.63, 3.8) is 0 Å². The number of hydrogen-bond acceptors (Lipinski definition) is 3. The molecule has 3 rings (SSSR count). The predicted molar refractivity (Wildman–Crippen MR) is 122 cm³/mol. The van der Waals surface area contributed by atoms with E-state index in [0.29, 0.717) is 30.4 Å². The molecule has 0 spiro atoms. The molecule has 1 aliphatic rings. The zero-order chi connectivity index (χ0) is 21.6. The molecular formula is C23H32N4O2S. The second-order valence-corrected chi connectivity index (χ2v) is 9.81. The topological polar surface area (TPSA) is 73.8 Å². The van der Waals surface area contributed by atoms with Crippen LogP contribution in [0.4, 0.5) is 0 Å². The number of nitrogens with zero attached hydrogens (tertiary/aromatic N) is 2. The van der Waals surface area contributed by atoms with Gasteiger partial charge in [0.05, 0.1) is 4.90 Å². The Labute approximate surface area is 180 Å². The first-order valence-corrected chi connectivity index (χ1v) is 11.9. The lowest BCUT2D eigenvalue weighted by molar-refractivity contribution is 0.477. The number of nitrogens with one attached hydrogen (secondary N) is 2. The summed E-state index contributed by atoms with van der Waals surface area (Å²) in [4.78, 5) is 4.65. The minimum atomic E-state index is -3.36. The van der Waals surface area contributed by atoms with Crippen molar-refractivity contribution in [2.45, 2.75) is 44.0 Å². The molecule has 30 heavy (non-hydrogen) atoms. The van der Waals surface area contributed by atoms with Crippen molar-refractivity contribution in [3.05, 3.63) is 65.2 Å². The van der Waals surface area contributed by atoms with Gasteiger partial charge in [0.15, 0.2) is 5.96 Å². The third-order valence-corrected chi connectivity index (χ3v) is 7.41. The fraction of sp³-hybridized carbons (Fsp3) is 0.435. The first-order chi connectivity index (χ1) is 14.4. The highest BCUT2D eigenvalue weighted by atomic mass is 32.2. The monoisotopic (exact) mass is 428 g/mol. The lowest BCUT2D eigenvalue weighted by Crippen LogP contribution is -2.38. The van der Waals surface area contributed by atoms with Gasteiger partial charge >= 0.3 is 0 Å². The van der Waals surface area contributed by atoms with E-state index in [9.17, 15) is 8.42 Å². The Morgan fingerprint density at radius 3 is 2.43 bits per heavy atom. The third kappa shape index (κ3) is 5.61. The Balaban J connectivity index is 1.52. The summed E-state index contributed by atoms with van der Waals surface area (Å²) in [7, 11) is -1.61. The van der Waals surface area contributed by atoms with Crippen molar-refractivity contribution in [1.82, 2.24) is 14.9 Å². The van der Waals surface area contributed by atoms with E-state index in [1.54, 1.807) is 23.5 Å². The van der Waals surface area contributed by atoms with E-state index in [0.717, 1.165) is 30.9 Å². The molecule has 0 aromatic heterocycles. The number of benzene rings is 2. The Morgan fingerprint density at radius 1 is 1.10 bits per heavy atom.